The molecular weight excluding hydrogens is 380 g/mol. The smallest absolute Gasteiger partial charge is 0.330 e. The van der Waals surface area contributed by atoms with E-state index in [1.807, 2.05) is 30.3 Å². The first-order valence-electron chi connectivity index (χ1n) is 7.46. The van der Waals surface area contributed by atoms with Gasteiger partial charge in [0.05, 0.1) is 12.7 Å². The van der Waals surface area contributed by atoms with E-state index in [1.165, 1.54) is 16.8 Å². The van der Waals surface area contributed by atoms with Crippen LogP contribution in [0, 0.1) is 0 Å². The van der Waals surface area contributed by atoms with Crippen LogP contribution in [-0.2, 0) is 16.1 Å². The Kier molecular flexibility index (Phi) is 5.30. The Morgan fingerprint density at radius 2 is 2.00 bits per heavy atom. The number of hydrogen-bond donors (Lipinski definition) is 2. The summed E-state index contributed by atoms with van der Waals surface area (Å²) in [4.78, 5) is 25.4. The minimum absolute atomic E-state index is 0.273. The maximum atomic E-state index is 12.0. The van der Waals surface area contributed by atoms with Crippen LogP contribution in [0.5, 0.6) is 0 Å². The van der Waals surface area contributed by atoms with Crippen molar-refractivity contribution in [3.05, 3.63) is 69.0 Å². The SMILES string of the molecule is O=c1ccn([C@@H]2O[C@H](CBr)[C@@H](O)[C@H]2OCc2ccccc2)c(=O)[nH]1. The monoisotopic (exact) mass is 396 g/mol. The first kappa shape index (κ1) is 17.1. The van der Waals surface area contributed by atoms with Crippen molar-refractivity contribution in [2.45, 2.75) is 31.1 Å². The number of aliphatic hydroxyl groups excluding tert-OH is 1. The number of hydrogen-bond acceptors (Lipinski definition) is 5. The van der Waals surface area contributed by atoms with Crippen molar-refractivity contribution in [2.75, 3.05) is 5.33 Å². The molecule has 0 aliphatic carbocycles. The molecule has 0 saturated carbocycles. The Morgan fingerprint density at radius 3 is 2.67 bits per heavy atom. The summed E-state index contributed by atoms with van der Waals surface area (Å²) in [7, 11) is 0. The third kappa shape index (κ3) is 3.51. The molecule has 128 valence electrons. The average molecular weight is 397 g/mol. The normalized spacial score (nSPS) is 26.6. The topological polar surface area (TPSA) is 93.5 Å². The Balaban J connectivity index is 1.85. The standard InChI is InChI=1S/C16H17BrN2O5/c17-8-11-13(21)14(23-9-10-4-2-1-3-5-10)15(24-11)19-7-6-12(20)18-16(19)22/h1-7,11,13-15,21H,8-9H2,(H,18,20,22)/t11-,13-,14-,15-/m1/s1. The van der Waals surface area contributed by atoms with Crippen LogP contribution in [0.1, 0.15) is 11.8 Å². The van der Waals surface area contributed by atoms with Gasteiger partial charge in [-0.2, -0.15) is 0 Å². The number of aliphatic hydroxyl groups is 1. The molecule has 1 aromatic carbocycles. The fourth-order valence-corrected chi connectivity index (χ4v) is 3.18. The molecule has 2 aromatic rings. The van der Waals surface area contributed by atoms with E-state index in [4.69, 9.17) is 9.47 Å². The van der Waals surface area contributed by atoms with Gasteiger partial charge in [-0.05, 0) is 5.56 Å². The lowest BCUT2D eigenvalue weighted by Gasteiger charge is -2.22. The molecule has 1 aliphatic heterocycles. The summed E-state index contributed by atoms with van der Waals surface area (Å²) in [5.74, 6) is 0. The summed E-state index contributed by atoms with van der Waals surface area (Å²) in [6.07, 6.45) is -1.65. The second-order valence-corrected chi connectivity index (χ2v) is 6.14. The van der Waals surface area contributed by atoms with Gasteiger partial charge in [0.2, 0.25) is 0 Å². The van der Waals surface area contributed by atoms with E-state index in [1.54, 1.807) is 0 Å². The highest BCUT2D eigenvalue weighted by molar-refractivity contribution is 9.09. The lowest BCUT2D eigenvalue weighted by Crippen LogP contribution is -2.39. The Hall–Kier alpha value is -1.74. The van der Waals surface area contributed by atoms with Crippen molar-refractivity contribution < 1.29 is 14.6 Å². The molecule has 1 saturated heterocycles. The Morgan fingerprint density at radius 1 is 1.25 bits per heavy atom. The summed E-state index contributed by atoms with van der Waals surface area (Å²) in [5.41, 5.74) is -0.156. The number of ether oxygens (including phenoxy) is 2. The maximum absolute atomic E-state index is 12.0. The number of H-pyrrole nitrogens is 1. The fraction of sp³-hybridized carbons (Fsp3) is 0.375. The third-order valence-corrected chi connectivity index (χ3v) is 4.51. The van der Waals surface area contributed by atoms with Crippen LogP contribution in [0.3, 0.4) is 0 Å². The van der Waals surface area contributed by atoms with Crippen LogP contribution in [-0.4, -0.2) is 38.3 Å². The van der Waals surface area contributed by atoms with Gasteiger partial charge < -0.3 is 14.6 Å². The van der Waals surface area contributed by atoms with Gasteiger partial charge in [0.15, 0.2) is 6.23 Å². The van der Waals surface area contributed by atoms with Crippen LogP contribution in [0.25, 0.3) is 0 Å². The number of nitrogens with one attached hydrogen (secondary N) is 1. The van der Waals surface area contributed by atoms with Gasteiger partial charge in [-0.3, -0.25) is 14.3 Å². The molecule has 24 heavy (non-hydrogen) atoms. The van der Waals surface area contributed by atoms with Crippen LogP contribution in [0.2, 0.25) is 0 Å². The number of aromatic amines is 1. The molecule has 0 amide bonds. The van der Waals surface area contributed by atoms with E-state index in [0.717, 1.165) is 5.56 Å². The zero-order valence-electron chi connectivity index (χ0n) is 12.7. The van der Waals surface area contributed by atoms with Gasteiger partial charge in [0.1, 0.15) is 12.2 Å². The van der Waals surface area contributed by atoms with Gasteiger partial charge in [-0.25, -0.2) is 4.79 Å². The molecule has 1 aromatic heterocycles. The zero-order valence-corrected chi connectivity index (χ0v) is 14.3. The first-order valence-corrected chi connectivity index (χ1v) is 8.59. The van der Waals surface area contributed by atoms with Crippen LogP contribution in [0.4, 0.5) is 0 Å². The van der Waals surface area contributed by atoms with E-state index in [9.17, 15) is 14.7 Å². The molecule has 0 unspecified atom stereocenters. The predicted molar refractivity (Wildman–Crippen MR) is 90.1 cm³/mol. The number of rotatable bonds is 5. The minimum Gasteiger partial charge on any atom is -0.387 e. The van der Waals surface area contributed by atoms with Crippen molar-refractivity contribution in [3.8, 4) is 0 Å². The van der Waals surface area contributed by atoms with E-state index in [2.05, 4.69) is 20.9 Å². The van der Waals surface area contributed by atoms with Gasteiger partial charge in [-0.1, -0.05) is 46.3 Å². The van der Waals surface area contributed by atoms with Crippen LogP contribution < -0.4 is 11.2 Å². The summed E-state index contributed by atoms with van der Waals surface area (Å²) >= 11 is 3.28. The summed E-state index contributed by atoms with van der Waals surface area (Å²) < 4.78 is 12.8. The molecule has 7 nitrogen and oxygen atoms in total. The molecule has 1 fully saturated rings. The lowest BCUT2D eigenvalue weighted by atomic mass is 10.1. The number of benzene rings is 1. The molecule has 8 heteroatoms. The fourth-order valence-electron chi connectivity index (χ4n) is 2.64. The van der Waals surface area contributed by atoms with E-state index in [-0.39, 0.29) is 6.61 Å². The van der Waals surface area contributed by atoms with Crippen molar-refractivity contribution in [1.82, 2.24) is 9.55 Å². The largest absolute Gasteiger partial charge is 0.387 e. The van der Waals surface area contributed by atoms with Crippen molar-refractivity contribution in [1.29, 1.82) is 0 Å². The lowest BCUT2D eigenvalue weighted by molar-refractivity contribution is -0.0760. The molecule has 4 atom stereocenters. The number of alkyl halides is 1. The molecule has 0 spiro atoms. The molecule has 2 N–H and O–H groups in total. The molecule has 0 bridgehead atoms. The van der Waals surface area contributed by atoms with Crippen molar-refractivity contribution in [3.63, 3.8) is 0 Å². The van der Waals surface area contributed by atoms with E-state index >= 15 is 0 Å². The van der Waals surface area contributed by atoms with E-state index in [0.29, 0.717) is 5.33 Å². The highest BCUT2D eigenvalue weighted by Gasteiger charge is 2.45. The van der Waals surface area contributed by atoms with Gasteiger partial charge >= 0.3 is 5.69 Å². The molecule has 0 radical (unpaired) electrons. The average Bonchev–Trinajstić information content (AvgIpc) is 2.90. The Labute approximate surface area is 146 Å². The second kappa shape index (κ2) is 7.43. The summed E-state index contributed by atoms with van der Waals surface area (Å²) in [6, 6.07) is 10.7. The summed E-state index contributed by atoms with van der Waals surface area (Å²) in [5, 5.41) is 10.8. The minimum atomic E-state index is -0.906. The molecule has 3 rings (SSSR count). The zero-order chi connectivity index (χ0) is 17.1. The number of aromatic nitrogens is 2. The second-order valence-electron chi connectivity index (χ2n) is 5.49. The third-order valence-electron chi connectivity index (χ3n) is 3.88. The van der Waals surface area contributed by atoms with Gasteiger partial charge in [0, 0.05) is 17.6 Å². The van der Waals surface area contributed by atoms with E-state index < -0.39 is 35.8 Å². The van der Waals surface area contributed by atoms with Crippen molar-refractivity contribution in [2.24, 2.45) is 0 Å². The van der Waals surface area contributed by atoms with Crippen molar-refractivity contribution >= 4 is 15.9 Å². The number of nitrogens with zero attached hydrogens (tertiary/aromatic N) is 1. The van der Waals surface area contributed by atoms with Crippen LogP contribution >= 0.6 is 15.9 Å². The molecule has 2 heterocycles. The van der Waals surface area contributed by atoms with Gasteiger partial charge in [-0.15, -0.1) is 0 Å². The van der Waals surface area contributed by atoms with Crippen LogP contribution in [0.15, 0.2) is 52.2 Å². The Bertz CT molecular complexity index is 791. The molecular formula is C16H17BrN2O5. The first-order chi connectivity index (χ1) is 11.6. The highest BCUT2D eigenvalue weighted by Crippen LogP contribution is 2.32. The summed E-state index contributed by atoms with van der Waals surface area (Å²) in [6.45, 7) is 0.273. The molecule has 1 aliphatic rings. The highest BCUT2D eigenvalue weighted by atomic mass is 79.9. The predicted octanol–water partition coefficient (Wildman–Crippen LogP) is 0.775. The number of halogens is 1. The quantitative estimate of drug-likeness (QED) is 0.728. The van der Waals surface area contributed by atoms with Gasteiger partial charge in [0.25, 0.3) is 5.56 Å². The maximum Gasteiger partial charge on any atom is 0.330 e.